The Labute approximate surface area is 141 Å². The van der Waals surface area contributed by atoms with E-state index in [0.29, 0.717) is 0 Å². The average molecular weight is 323 g/mol. The first kappa shape index (κ1) is 15.1. The van der Waals surface area contributed by atoms with Crippen molar-refractivity contribution in [2.24, 2.45) is 0 Å². The molecule has 1 aliphatic rings. The fourth-order valence-corrected chi connectivity index (χ4v) is 3.06. The maximum atomic E-state index is 5.40. The molecule has 0 N–H and O–H groups in total. The zero-order valence-corrected chi connectivity index (χ0v) is 13.9. The van der Waals surface area contributed by atoms with Crippen molar-refractivity contribution in [3.05, 3.63) is 47.9 Å². The molecule has 0 bridgehead atoms. The minimum Gasteiger partial charge on any atom is -0.356 e. The number of piperazine rings is 1. The van der Waals surface area contributed by atoms with Crippen LogP contribution in [0, 0.1) is 0 Å². The molecule has 3 aromatic rings. The first-order chi connectivity index (χ1) is 11.8. The molecule has 1 aromatic carbocycles. The standard InChI is InChI=1S/C18H21N5O/c1-2-14-11-19-18(20-12-14)23-9-7-22(8-10-23)13-16-15-5-3-4-6-17(15)24-21-16/h3-6,11-12H,2,7-10,13H2,1H3. The number of hydrogen-bond acceptors (Lipinski definition) is 6. The van der Waals surface area contributed by atoms with E-state index in [2.05, 4.69) is 37.9 Å². The van der Waals surface area contributed by atoms with Crippen molar-refractivity contribution in [1.82, 2.24) is 20.0 Å². The Bertz CT molecular complexity index is 806. The van der Waals surface area contributed by atoms with Gasteiger partial charge in [0.15, 0.2) is 5.58 Å². The summed E-state index contributed by atoms with van der Waals surface area (Å²) in [5.74, 6) is 0.832. The summed E-state index contributed by atoms with van der Waals surface area (Å²) in [5.41, 5.74) is 3.05. The van der Waals surface area contributed by atoms with Crippen molar-refractivity contribution in [2.45, 2.75) is 19.9 Å². The predicted octanol–water partition coefficient (Wildman–Crippen LogP) is 2.50. The first-order valence-electron chi connectivity index (χ1n) is 8.45. The minimum absolute atomic E-state index is 0.820. The van der Waals surface area contributed by atoms with Gasteiger partial charge in [-0.3, -0.25) is 4.90 Å². The number of aryl methyl sites for hydroxylation is 1. The van der Waals surface area contributed by atoms with E-state index in [1.165, 1.54) is 5.56 Å². The van der Waals surface area contributed by atoms with Crippen molar-refractivity contribution in [1.29, 1.82) is 0 Å². The van der Waals surface area contributed by atoms with Crippen molar-refractivity contribution >= 4 is 16.9 Å². The highest BCUT2D eigenvalue weighted by Crippen LogP contribution is 2.20. The Hall–Kier alpha value is -2.47. The largest absolute Gasteiger partial charge is 0.356 e. The highest BCUT2D eigenvalue weighted by Gasteiger charge is 2.20. The summed E-state index contributed by atoms with van der Waals surface area (Å²) in [5, 5.41) is 5.34. The molecule has 0 spiro atoms. The van der Waals surface area contributed by atoms with Gasteiger partial charge in [-0.1, -0.05) is 24.2 Å². The zero-order chi connectivity index (χ0) is 16.4. The van der Waals surface area contributed by atoms with Gasteiger partial charge in [0.2, 0.25) is 5.95 Å². The zero-order valence-electron chi connectivity index (χ0n) is 13.9. The third kappa shape index (κ3) is 2.97. The van der Waals surface area contributed by atoms with Crippen LogP contribution in [0.5, 0.6) is 0 Å². The maximum Gasteiger partial charge on any atom is 0.225 e. The van der Waals surface area contributed by atoms with Gasteiger partial charge in [-0.05, 0) is 24.1 Å². The van der Waals surface area contributed by atoms with Crippen LogP contribution in [0.4, 0.5) is 5.95 Å². The molecule has 124 valence electrons. The Morgan fingerprint density at radius 3 is 2.54 bits per heavy atom. The summed E-state index contributed by atoms with van der Waals surface area (Å²) in [6.07, 6.45) is 4.83. The first-order valence-corrected chi connectivity index (χ1v) is 8.45. The van der Waals surface area contributed by atoms with E-state index in [-0.39, 0.29) is 0 Å². The van der Waals surface area contributed by atoms with E-state index < -0.39 is 0 Å². The van der Waals surface area contributed by atoms with Gasteiger partial charge in [-0.15, -0.1) is 0 Å². The molecule has 6 heteroatoms. The normalized spacial score (nSPS) is 16.0. The number of aromatic nitrogens is 3. The Morgan fingerprint density at radius 1 is 1.04 bits per heavy atom. The van der Waals surface area contributed by atoms with Gasteiger partial charge in [0.1, 0.15) is 5.69 Å². The Kier molecular flexibility index (Phi) is 4.13. The molecule has 24 heavy (non-hydrogen) atoms. The SMILES string of the molecule is CCc1cnc(N2CCN(Cc3noc4ccccc34)CC2)nc1. The molecular weight excluding hydrogens is 302 g/mol. The van der Waals surface area contributed by atoms with Crippen molar-refractivity contribution in [3.8, 4) is 0 Å². The summed E-state index contributed by atoms with van der Waals surface area (Å²) in [6.45, 7) is 6.74. The molecule has 2 aromatic heterocycles. The van der Waals surface area contributed by atoms with Crippen LogP contribution in [0.15, 0.2) is 41.2 Å². The molecule has 0 radical (unpaired) electrons. The highest BCUT2D eigenvalue weighted by molar-refractivity contribution is 5.79. The highest BCUT2D eigenvalue weighted by atomic mass is 16.5. The number of nitrogens with zero attached hydrogens (tertiary/aromatic N) is 5. The third-order valence-electron chi connectivity index (χ3n) is 4.58. The summed E-state index contributed by atoms with van der Waals surface area (Å²) in [7, 11) is 0. The lowest BCUT2D eigenvalue weighted by Crippen LogP contribution is -2.46. The monoisotopic (exact) mass is 323 g/mol. The lowest BCUT2D eigenvalue weighted by Gasteiger charge is -2.34. The van der Waals surface area contributed by atoms with Crippen LogP contribution in [-0.2, 0) is 13.0 Å². The molecule has 1 fully saturated rings. The molecule has 4 rings (SSSR count). The molecule has 0 atom stereocenters. The van der Waals surface area contributed by atoms with E-state index in [1.807, 2.05) is 30.6 Å². The van der Waals surface area contributed by atoms with Crippen LogP contribution < -0.4 is 4.90 Å². The van der Waals surface area contributed by atoms with Crippen molar-refractivity contribution < 1.29 is 4.52 Å². The Balaban J connectivity index is 1.39. The molecule has 0 saturated carbocycles. The van der Waals surface area contributed by atoms with Gasteiger partial charge in [0, 0.05) is 50.5 Å². The summed E-state index contributed by atoms with van der Waals surface area (Å²) < 4.78 is 5.40. The van der Waals surface area contributed by atoms with E-state index in [1.54, 1.807) is 0 Å². The lowest BCUT2D eigenvalue weighted by atomic mass is 10.2. The number of para-hydroxylation sites is 1. The number of hydrogen-bond donors (Lipinski definition) is 0. The molecule has 0 unspecified atom stereocenters. The van der Waals surface area contributed by atoms with Crippen LogP contribution in [0.25, 0.3) is 11.0 Å². The number of benzene rings is 1. The van der Waals surface area contributed by atoms with Crippen LogP contribution >= 0.6 is 0 Å². The van der Waals surface area contributed by atoms with Gasteiger partial charge in [-0.25, -0.2) is 9.97 Å². The van der Waals surface area contributed by atoms with Crippen LogP contribution in [0.1, 0.15) is 18.2 Å². The second-order valence-corrected chi connectivity index (χ2v) is 6.13. The molecular formula is C18H21N5O. The fraction of sp³-hybridized carbons (Fsp3) is 0.389. The van der Waals surface area contributed by atoms with E-state index in [0.717, 1.165) is 61.8 Å². The maximum absolute atomic E-state index is 5.40. The van der Waals surface area contributed by atoms with Crippen LogP contribution in [0.2, 0.25) is 0 Å². The van der Waals surface area contributed by atoms with Gasteiger partial charge in [-0.2, -0.15) is 0 Å². The molecule has 0 amide bonds. The predicted molar refractivity (Wildman–Crippen MR) is 92.9 cm³/mol. The lowest BCUT2D eigenvalue weighted by molar-refractivity contribution is 0.242. The van der Waals surface area contributed by atoms with Crippen LogP contribution in [0.3, 0.4) is 0 Å². The average Bonchev–Trinajstić information content (AvgIpc) is 3.06. The fourth-order valence-electron chi connectivity index (χ4n) is 3.06. The summed E-state index contributed by atoms with van der Waals surface area (Å²) in [4.78, 5) is 13.6. The van der Waals surface area contributed by atoms with E-state index in [4.69, 9.17) is 4.52 Å². The van der Waals surface area contributed by atoms with Crippen molar-refractivity contribution in [3.63, 3.8) is 0 Å². The van der Waals surface area contributed by atoms with Gasteiger partial charge < -0.3 is 9.42 Å². The number of anilines is 1. The second kappa shape index (κ2) is 6.57. The second-order valence-electron chi connectivity index (χ2n) is 6.13. The number of rotatable bonds is 4. The smallest absolute Gasteiger partial charge is 0.225 e. The molecule has 1 aliphatic heterocycles. The Morgan fingerprint density at radius 2 is 1.79 bits per heavy atom. The molecule has 0 aliphatic carbocycles. The van der Waals surface area contributed by atoms with Gasteiger partial charge in [0.25, 0.3) is 0 Å². The summed E-state index contributed by atoms with van der Waals surface area (Å²) >= 11 is 0. The quantitative estimate of drug-likeness (QED) is 0.735. The van der Waals surface area contributed by atoms with Gasteiger partial charge in [0.05, 0.1) is 0 Å². The van der Waals surface area contributed by atoms with Crippen LogP contribution in [-0.4, -0.2) is 46.2 Å². The minimum atomic E-state index is 0.820. The summed E-state index contributed by atoms with van der Waals surface area (Å²) in [6, 6.07) is 8.03. The van der Waals surface area contributed by atoms with E-state index in [9.17, 15) is 0 Å². The molecule has 3 heterocycles. The number of fused-ring (bicyclic) bond motifs is 1. The van der Waals surface area contributed by atoms with Crippen molar-refractivity contribution in [2.75, 3.05) is 31.1 Å². The topological polar surface area (TPSA) is 58.3 Å². The van der Waals surface area contributed by atoms with E-state index >= 15 is 0 Å². The third-order valence-corrected chi connectivity index (χ3v) is 4.58. The molecule has 1 saturated heterocycles. The molecule has 6 nitrogen and oxygen atoms in total. The van der Waals surface area contributed by atoms with Gasteiger partial charge >= 0.3 is 0 Å².